The summed E-state index contributed by atoms with van der Waals surface area (Å²) in [5, 5.41) is 23.3. The number of ketones is 1. The second-order valence-electron chi connectivity index (χ2n) is 11.0. The number of hydrogen-bond donors (Lipinski definition) is 2. The van der Waals surface area contributed by atoms with Crippen LogP contribution in [0, 0.1) is 11.8 Å². The summed E-state index contributed by atoms with van der Waals surface area (Å²) in [5.74, 6) is -5.64. The third-order valence-corrected chi connectivity index (χ3v) is 8.17. The van der Waals surface area contributed by atoms with Gasteiger partial charge in [-0.05, 0) is 44.8 Å². The molecular weight excluding hydrogens is 500 g/mol. The molecule has 0 spiro atoms. The van der Waals surface area contributed by atoms with Gasteiger partial charge in [0.15, 0.2) is 29.2 Å². The van der Waals surface area contributed by atoms with Crippen LogP contribution in [0.5, 0.6) is 0 Å². The van der Waals surface area contributed by atoms with Gasteiger partial charge in [0.2, 0.25) is 0 Å². The normalized spacial score (nSPS) is 37.1. The summed E-state index contributed by atoms with van der Waals surface area (Å²) in [6.07, 6.45) is -3.41. The minimum atomic E-state index is -2.56. The van der Waals surface area contributed by atoms with E-state index in [0.29, 0.717) is 19.3 Å². The Bertz CT molecular complexity index is 1060. The Balaban J connectivity index is 2.24. The SMILES string of the molecule is CCCCC(=O)O[C@@H]1C(=O)C(C)=C2[C@H]1[C@@](C)(OC(C)=O)C[C@H](OC(=O)[C@@H](C)CC)[C@@]1(O)[C@H]2OC(=O)[C@@]1(C)O. The molecule has 38 heavy (non-hydrogen) atoms. The average molecular weight is 539 g/mol. The molecule has 2 aliphatic carbocycles. The molecule has 0 amide bonds. The van der Waals surface area contributed by atoms with Gasteiger partial charge in [-0.1, -0.05) is 27.2 Å². The van der Waals surface area contributed by atoms with Gasteiger partial charge in [-0.2, -0.15) is 0 Å². The van der Waals surface area contributed by atoms with Crippen molar-refractivity contribution in [3.63, 3.8) is 0 Å². The number of esters is 4. The number of hydrogen-bond acceptors (Lipinski definition) is 11. The van der Waals surface area contributed by atoms with Gasteiger partial charge in [0.05, 0.1) is 11.8 Å². The number of fused-ring (bicyclic) bond motifs is 3. The van der Waals surface area contributed by atoms with Gasteiger partial charge in [0.25, 0.3) is 0 Å². The standard InChI is InChI=1S/C27H38O11/c1-8-10-11-17(29)36-21-19-18(14(4)20(21)30)22-27(34,26(7,33)24(32)37-22)16(35-23(31)13(3)9-2)12-25(19,6)38-15(5)28/h13,16,19,21-22,33-34H,8-12H2,1-7H3/t13-,16-,19+,21-,22-,25-,26+,27+/m0/s1. The number of ether oxygens (including phenoxy) is 4. The maximum Gasteiger partial charge on any atom is 0.341 e. The van der Waals surface area contributed by atoms with E-state index in [0.717, 1.165) is 13.8 Å². The first-order valence-corrected chi connectivity index (χ1v) is 13.1. The maximum absolute atomic E-state index is 13.4. The zero-order valence-electron chi connectivity index (χ0n) is 23.0. The number of aliphatic hydroxyl groups is 2. The molecule has 3 rings (SSSR count). The van der Waals surface area contributed by atoms with Crippen molar-refractivity contribution in [2.45, 2.75) is 116 Å². The lowest BCUT2D eigenvalue weighted by Gasteiger charge is -2.41. The number of rotatable bonds is 8. The third kappa shape index (κ3) is 4.64. The molecule has 0 aromatic rings. The highest BCUT2D eigenvalue weighted by atomic mass is 16.6. The lowest BCUT2D eigenvalue weighted by atomic mass is 9.75. The molecular formula is C27H38O11. The lowest BCUT2D eigenvalue weighted by molar-refractivity contribution is -0.213. The predicted molar refractivity (Wildman–Crippen MR) is 130 cm³/mol. The molecule has 0 aromatic carbocycles. The molecule has 3 aliphatic rings. The van der Waals surface area contributed by atoms with Crippen molar-refractivity contribution >= 4 is 29.7 Å². The molecule has 1 aliphatic heterocycles. The number of Topliss-reactive ketones (excluding diaryl/α,β-unsaturated/α-hetero) is 1. The fourth-order valence-electron chi connectivity index (χ4n) is 5.71. The van der Waals surface area contributed by atoms with Crippen LogP contribution in [0.2, 0.25) is 0 Å². The first kappa shape index (κ1) is 29.8. The first-order chi connectivity index (χ1) is 17.6. The summed E-state index contributed by atoms with van der Waals surface area (Å²) >= 11 is 0. The molecule has 11 heteroatoms. The van der Waals surface area contributed by atoms with E-state index in [1.54, 1.807) is 13.8 Å². The van der Waals surface area contributed by atoms with Crippen LogP contribution < -0.4 is 0 Å². The summed E-state index contributed by atoms with van der Waals surface area (Å²) in [4.78, 5) is 64.1. The van der Waals surface area contributed by atoms with Crippen molar-refractivity contribution in [1.82, 2.24) is 0 Å². The van der Waals surface area contributed by atoms with Crippen molar-refractivity contribution in [1.29, 1.82) is 0 Å². The Hall–Kier alpha value is -2.79. The van der Waals surface area contributed by atoms with E-state index in [4.69, 9.17) is 18.9 Å². The number of unbranched alkanes of at least 4 members (excludes halogenated alkanes) is 1. The van der Waals surface area contributed by atoms with Crippen LogP contribution in [0.15, 0.2) is 11.1 Å². The highest BCUT2D eigenvalue weighted by Crippen LogP contribution is 2.56. The van der Waals surface area contributed by atoms with E-state index in [1.165, 1.54) is 13.8 Å². The third-order valence-electron chi connectivity index (χ3n) is 8.17. The molecule has 0 aromatic heterocycles. The Kier molecular flexibility index (Phi) is 8.15. The van der Waals surface area contributed by atoms with E-state index in [-0.39, 0.29) is 17.6 Å². The quantitative estimate of drug-likeness (QED) is 0.341. The molecule has 0 bridgehead atoms. The molecule has 2 N–H and O–H groups in total. The molecule has 0 radical (unpaired) electrons. The Morgan fingerprint density at radius 3 is 2.32 bits per heavy atom. The summed E-state index contributed by atoms with van der Waals surface area (Å²) in [5.41, 5.74) is -6.71. The first-order valence-electron chi connectivity index (χ1n) is 13.1. The molecule has 1 saturated carbocycles. The van der Waals surface area contributed by atoms with Crippen molar-refractivity contribution in [2.24, 2.45) is 11.8 Å². The minimum Gasteiger partial charge on any atom is -0.459 e. The largest absolute Gasteiger partial charge is 0.459 e. The van der Waals surface area contributed by atoms with Gasteiger partial charge >= 0.3 is 23.9 Å². The fourth-order valence-corrected chi connectivity index (χ4v) is 5.71. The second-order valence-corrected chi connectivity index (χ2v) is 11.0. The van der Waals surface area contributed by atoms with Crippen LogP contribution in [-0.2, 0) is 42.9 Å². The summed E-state index contributed by atoms with van der Waals surface area (Å²) in [6, 6.07) is 0. The van der Waals surface area contributed by atoms with Crippen LogP contribution >= 0.6 is 0 Å². The molecule has 11 nitrogen and oxygen atoms in total. The van der Waals surface area contributed by atoms with Crippen LogP contribution in [0.25, 0.3) is 0 Å². The number of carbonyl (C=O) groups excluding carboxylic acids is 5. The van der Waals surface area contributed by atoms with E-state index in [2.05, 4.69) is 0 Å². The zero-order chi connectivity index (χ0) is 28.8. The smallest absolute Gasteiger partial charge is 0.341 e. The monoisotopic (exact) mass is 538 g/mol. The molecule has 8 atom stereocenters. The van der Waals surface area contributed by atoms with Crippen LogP contribution in [0.4, 0.5) is 0 Å². The summed E-state index contributed by atoms with van der Waals surface area (Å²) < 4.78 is 22.5. The lowest BCUT2D eigenvalue weighted by Crippen LogP contribution is -2.64. The van der Waals surface area contributed by atoms with Crippen molar-refractivity contribution < 1.29 is 53.1 Å². The molecule has 1 heterocycles. The molecule has 0 unspecified atom stereocenters. The van der Waals surface area contributed by atoms with Gasteiger partial charge in [-0.15, -0.1) is 0 Å². The van der Waals surface area contributed by atoms with Gasteiger partial charge in [0, 0.05) is 19.8 Å². The Labute approximate surface area is 221 Å². The van der Waals surface area contributed by atoms with Crippen molar-refractivity contribution in [2.75, 3.05) is 0 Å². The predicted octanol–water partition coefficient (Wildman–Crippen LogP) is 1.69. The van der Waals surface area contributed by atoms with Crippen molar-refractivity contribution in [3.8, 4) is 0 Å². The van der Waals surface area contributed by atoms with Crippen molar-refractivity contribution in [3.05, 3.63) is 11.1 Å². The Morgan fingerprint density at radius 2 is 1.76 bits per heavy atom. The van der Waals surface area contributed by atoms with E-state index < -0.39 is 83.0 Å². The maximum atomic E-state index is 13.4. The van der Waals surface area contributed by atoms with Gasteiger partial charge in [-0.25, -0.2) is 4.79 Å². The number of carbonyl (C=O) groups is 5. The zero-order valence-corrected chi connectivity index (χ0v) is 23.0. The molecule has 212 valence electrons. The minimum absolute atomic E-state index is 0.0319. The fraction of sp³-hybridized carbons (Fsp3) is 0.741. The second kappa shape index (κ2) is 10.4. The van der Waals surface area contributed by atoms with E-state index in [9.17, 15) is 34.2 Å². The van der Waals surface area contributed by atoms with Gasteiger partial charge in [0.1, 0.15) is 11.7 Å². The summed E-state index contributed by atoms with van der Waals surface area (Å²) in [6.45, 7) is 10.4. The van der Waals surface area contributed by atoms with Crippen LogP contribution in [0.1, 0.15) is 80.6 Å². The van der Waals surface area contributed by atoms with Gasteiger partial charge < -0.3 is 29.2 Å². The van der Waals surface area contributed by atoms with Crippen LogP contribution in [0.3, 0.4) is 0 Å². The highest BCUT2D eigenvalue weighted by molar-refractivity contribution is 6.04. The summed E-state index contributed by atoms with van der Waals surface area (Å²) in [7, 11) is 0. The molecule has 2 fully saturated rings. The average Bonchev–Trinajstić information content (AvgIpc) is 3.15. The Morgan fingerprint density at radius 1 is 1.13 bits per heavy atom. The van der Waals surface area contributed by atoms with E-state index in [1.807, 2.05) is 6.92 Å². The van der Waals surface area contributed by atoms with Gasteiger partial charge in [-0.3, -0.25) is 19.2 Å². The van der Waals surface area contributed by atoms with E-state index >= 15 is 0 Å². The van der Waals surface area contributed by atoms with Crippen LogP contribution in [-0.4, -0.2) is 75.0 Å². The molecule has 1 saturated heterocycles. The highest BCUT2D eigenvalue weighted by Gasteiger charge is 2.75. The topological polar surface area (TPSA) is 163 Å².